The number of benzene rings is 1. The van der Waals surface area contributed by atoms with Gasteiger partial charge in [0.2, 0.25) is 0 Å². The molecule has 0 spiro atoms. The fourth-order valence-electron chi connectivity index (χ4n) is 1.74. The normalized spacial score (nSPS) is 10.4. The highest BCUT2D eigenvalue weighted by Crippen LogP contribution is 2.25. The first-order valence-electron chi connectivity index (χ1n) is 5.82. The molecule has 2 rings (SSSR count). The van der Waals surface area contributed by atoms with Crippen LogP contribution in [0.3, 0.4) is 0 Å². The van der Waals surface area contributed by atoms with Crippen LogP contribution in [-0.2, 0) is 6.54 Å². The lowest BCUT2D eigenvalue weighted by atomic mass is 10.1. The van der Waals surface area contributed by atoms with Crippen molar-refractivity contribution in [3.8, 4) is 17.0 Å². The van der Waals surface area contributed by atoms with Crippen LogP contribution >= 0.6 is 11.6 Å². The molecule has 1 aromatic carbocycles. The van der Waals surface area contributed by atoms with Crippen molar-refractivity contribution in [2.24, 2.45) is 5.73 Å². The molecule has 0 fully saturated rings. The van der Waals surface area contributed by atoms with Gasteiger partial charge in [-0.15, -0.1) is 0 Å². The summed E-state index contributed by atoms with van der Waals surface area (Å²) >= 11 is 5.97. The van der Waals surface area contributed by atoms with Crippen LogP contribution < -0.4 is 10.5 Å². The highest BCUT2D eigenvalue weighted by molar-refractivity contribution is 6.30. The van der Waals surface area contributed by atoms with Crippen molar-refractivity contribution >= 4 is 11.6 Å². The molecule has 1 heterocycles. The Labute approximate surface area is 112 Å². The molecule has 2 aromatic rings. The van der Waals surface area contributed by atoms with Gasteiger partial charge in [-0.25, -0.2) is 0 Å². The molecule has 4 heteroatoms. The first-order chi connectivity index (χ1) is 8.74. The fourth-order valence-corrected chi connectivity index (χ4v) is 1.93. The smallest absolute Gasteiger partial charge is 0.142 e. The molecule has 0 bridgehead atoms. The number of rotatable bonds is 4. The van der Waals surface area contributed by atoms with Gasteiger partial charge in [-0.2, -0.15) is 0 Å². The van der Waals surface area contributed by atoms with Crippen molar-refractivity contribution in [3.05, 3.63) is 47.1 Å². The van der Waals surface area contributed by atoms with E-state index in [1.807, 2.05) is 37.3 Å². The summed E-state index contributed by atoms with van der Waals surface area (Å²) in [5.41, 5.74) is 8.49. The molecule has 0 atom stereocenters. The van der Waals surface area contributed by atoms with Crippen LogP contribution in [0.4, 0.5) is 0 Å². The second kappa shape index (κ2) is 5.85. The lowest BCUT2D eigenvalue weighted by Crippen LogP contribution is -2.03. The summed E-state index contributed by atoms with van der Waals surface area (Å²) in [6.45, 7) is 2.96. The quantitative estimate of drug-likeness (QED) is 0.920. The zero-order valence-electron chi connectivity index (χ0n) is 10.2. The zero-order valence-corrected chi connectivity index (χ0v) is 10.9. The van der Waals surface area contributed by atoms with Crippen LogP contribution in [0.5, 0.6) is 5.75 Å². The van der Waals surface area contributed by atoms with E-state index in [0.717, 1.165) is 22.6 Å². The number of ether oxygens (including phenoxy) is 1. The topological polar surface area (TPSA) is 48.1 Å². The minimum atomic E-state index is 0.422. The third-order valence-electron chi connectivity index (χ3n) is 2.59. The van der Waals surface area contributed by atoms with Crippen LogP contribution in [0, 0.1) is 0 Å². The van der Waals surface area contributed by atoms with Crippen LogP contribution in [0.1, 0.15) is 12.5 Å². The van der Waals surface area contributed by atoms with Crippen LogP contribution in [-0.4, -0.2) is 11.6 Å². The van der Waals surface area contributed by atoms with Crippen LogP contribution in [0.2, 0.25) is 5.02 Å². The Hall–Kier alpha value is -1.58. The molecule has 0 amide bonds. The van der Waals surface area contributed by atoms with E-state index in [4.69, 9.17) is 22.1 Å². The van der Waals surface area contributed by atoms with E-state index < -0.39 is 0 Å². The van der Waals surface area contributed by atoms with Gasteiger partial charge in [0, 0.05) is 22.7 Å². The van der Waals surface area contributed by atoms with Gasteiger partial charge in [-0.1, -0.05) is 23.7 Å². The van der Waals surface area contributed by atoms with Gasteiger partial charge < -0.3 is 10.5 Å². The summed E-state index contributed by atoms with van der Waals surface area (Å²) in [5, 5.41) is 0.692. The fraction of sp³-hybridized carbons (Fsp3) is 0.214. The molecule has 0 saturated carbocycles. The molecule has 0 aliphatic rings. The monoisotopic (exact) mass is 262 g/mol. The lowest BCUT2D eigenvalue weighted by Gasteiger charge is -2.10. The number of hydrogen-bond acceptors (Lipinski definition) is 3. The van der Waals surface area contributed by atoms with Crippen LogP contribution in [0.25, 0.3) is 11.3 Å². The number of hydrogen-bond donors (Lipinski definition) is 1. The molecule has 2 N–H and O–H groups in total. The van der Waals surface area contributed by atoms with Crippen LogP contribution in [0.15, 0.2) is 36.5 Å². The Balaban J connectivity index is 2.41. The second-order valence-corrected chi connectivity index (χ2v) is 4.26. The first-order valence-corrected chi connectivity index (χ1v) is 6.20. The third-order valence-corrected chi connectivity index (χ3v) is 2.82. The summed E-state index contributed by atoms with van der Waals surface area (Å²) in [5.74, 6) is 0.741. The molecule has 0 aliphatic carbocycles. The molecule has 0 unspecified atom stereocenters. The number of nitrogens with zero attached hydrogens (tertiary/aromatic N) is 1. The average Bonchev–Trinajstić information content (AvgIpc) is 2.39. The maximum absolute atomic E-state index is 5.97. The van der Waals surface area contributed by atoms with Gasteiger partial charge in [0.25, 0.3) is 0 Å². The molecule has 18 heavy (non-hydrogen) atoms. The van der Waals surface area contributed by atoms with E-state index in [0.29, 0.717) is 18.2 Å². The molecule has 94 valence electrons. The molecular weight excluding hydrogens is 248 g/mol. The van der Waals surface area contributed by atoms with Gasteiger partial charge in [-0.3, -0.25) is 4.98 Å². The van der Waals surface area contributed by atoms with Crippen molar-refractivity contribution in [1.29, 1.82) is 0 Å². The van der Waals surface area contributed by atoms with Crippen molar-refractivity contribution in [1.82, 2.24) is 4.98 Å². The Kier molecular flexibility index (Phi) is 4.18. The zero-order chi connectivity index (χ0) is 13.0. The molecule has 0 aliphatic heterocycles. The highest BCUT2D eigenvalue weighted by atomic mass is 35.5. The Bertz CT molecular complexity index is 543. The number of nitrogens with two attached hydrogens (primary N) is 1. The maximum Gasteiger partial charge on any atom is 0.142 e. The summed E-state index contributed by atoms with van der Waals surface area (Å²) in [6, 6.07) is 9.53. The van der Waals surface area contributed by atoms with Gasteiger partial charge in [0.1, 0.15) is 5.75 Å². The predicted octanol–water partition coefficient (Wildman–Crippen LogP) is 3.26. The Morgan fingerprint density at radius 1 is 1.33 bits per heavy atom. The van der Waals surface area contributed by atoms with Crippen molar-refractivity contribution in [2.75, 3.05) is 6.61 Å². The van der Waals surface area contributed by atoms with E-state index in [2.05, 4.69) is 4.98 Å². The van der Waals surface area contributed by atoms with Gasteiger partial charge in [-0.05, 0) is 25.1 Å². The second-order valence-electron chi connectivity index (χ2n) is 3.82. The van der Waals surface area contributed by atoms with Crippen molar-refractivity contribution < 1.29 is 4.74 Å². The van der Waals surface area contributed by atoms with E-state index in [9.17, 15) is 0 Å². The molecule has 1 aromatic heterocycles. The number of aromatic nitrogens is 1. The average molecular weight is 263 g/mol. The van der Waals surface area contributed by atoms with Crippen molar-refractivity contribution in [2.45, 2.75) is 13.5 Å². The standard InChI is InChI=1S/C14H15ClN2O/c1-2-18-14-9-17-13(7-11(14)8-16)10-4-3-5-12(15)6-10/h3-7,9H,2,8,16H2,1H3. The van der Waals surface area contributed by atoms with Gasteiger partial charge in [0.15, 0.2) is 0 Å². The van der Waals surface area contributed by atoms with E-state index in [1.54, 1.807) is 6.20 Å². The molecule has 3 nitrogen and oxygen atoms in total. The first kappa shape index (κ1) is 12.9. The SMILES string of the molecule is CCOc1cnc(-c2cccc(Cl)c2)cc1CN. The van der Waals surface area contributed by atoms with E-state index >= 15 is 0 Å². The summed E-state index contributed by atoms with van der Waals surface area (Å²) < 4.78 is 5.47. The molecular formula is C14H15ClN2O. The van der Waals surface area contributed by atoms with Crippen molar-refractivity contribution in [3.63, 3.8) is 0 Å². The summed E-state index contributed by atoms with van der Waals surface area (Å²) in [4.78, 5) is 4.38. The Morgan fingerprint density at radius 3 is 2.83 bits per heavy atom. The summed E-state index contributed by atoms with van der Waals surface area (Å²) in [6.07, 6.45) is 1.71. The minimum Gasteiger partial charge on any atom is -0.492 e. The Morgan fingerprint density at radius 2 is 2.17 bits per heavy atom. The predicted molar refractivity (Wildman–Crippen MR) is 73.7 cm³/mol. The largest absolute Gasteiger partial charge is 0.492 e. The minimum absolute atomic E-state index is 0.422. The highest BCUT2D eigenvalue weighted by Gasteiger charge is 2.06. The van der Waals surface area contributed by atoms with E-state index in [1.165, 1.54) is 0 Å². The maximum atomic E-state index is 5.97. The molecule has 0 radical (unpaired) electrons. The summed E-state index contributed by atoms with van der Waals surface area (Å²) in [7, 11) is 0. The third kappa shape index (κ3) is 2.81. The van der Waals surface area contributed by atoms with E-state index in [-0.39, 0.29) is 0 Å². The number of halogens is 1. The van der Waals surface area contributed by atoms with Gasteiger partial charge in [0.05, 0.1) is 18.5 Å². The number of pyridine rings is 1. The van der Waals surface area contributed by atoms with Gasteiger partial charge >= 0.3 is 0 Å². The lowest BCUT2D eigenvalue weighted by molar-refractivity contribution is 0.335. The molecule has 0 saturated heterocycles.